The standard InChI is InChI=1S/C14H23NO3S/c1-5-10-18-12-8-6-11(7-9-12)13(15)14(2,3)19(4,16)17/h6-9,13H,5,10,15H2,1-4H3. The predicted molar refractivity (Wildman–Crippen MR) is 78.1 cm³/mol. The van der Waals surface area contributed by atoms with Crippen molar-refractivity contribution < 1.29 is 13.2 Å². The van der Waals surface area contributed by atoms with Crippen LogP contribution in [0.1, 0.15) is 38.8 Å². The van der Waals surface area contributed by atoms with Crippen LogP contribution in [0.4, 0.5) is 0 Å². The van der Waals surface area contributed by atoms with Crippen LogP contribution in [-0.2, 0) is 9.84 Å². The van der Waals surface area contributed by atoms with Gasteiger partial charge in [-0.05, 0) is 38.0 Å². The summed E-state index contributed by atoms with van der Waals surface area (Å²) in [5.41, 5.74) is 6.88. The van der Waals surface area contributed by atoms with E-state index in [9.17, 15) is 8.42 Å². The Morgan fingerprint density at radius 3 is 2.21 bits per heavy atom. The molecule has 19 heavy (non-hydrogen) atoms. The summed E-state index contributed by atoms with van der Waals surface area (Å²) in [6, 6.07) is 6.72. The third-order valence-electron chi connectivity index (χ3n) is 3.42. The van der Waals surface area contributed by atoms with Crippen LogP contribution in [0.15, 0.2) is 24.3 Å². The van der Waals surface area contributed by atoms with Crippen LogP contribution in [0.5, 0.6) is 5.75 Å². The third kappa shape index (κ3) is 3.70. The monoisotopic (exact) mass is 285 g/mol. The number of ether oxygens (including phenoxy) is 1. The number of benzene rings is 1. The molecule has 1 atom stereocenters. The second kappa shape index (κ2) is 5.92. The van der Waals surface area contributed by atoms with Crippen LogP contribution in [0, 0.1) is 0 Å². The first-order valence-corrected chi connectivity index (χ1v) is 8.27. The first-order chi connectivity index (χ1) is 8.70. The molecular weight excluding hydrogens is 262 g/mol. The number of hydrogen-bond acceptors (Lipinski definition) is 4. The van der Waals surface area contributed by atoms with Crippen LogP contribution in [0.2, 0.25) is 0 Å². The van der Waals surface area contributed by atoms with Crippen LogP contribution in [0.3, 0.4) is 0 Å². The fourth-order valence-electron chi connectivity index (χ4n) is 1.62. The van der Waals surface area contributed by atoms with Gasteiger partial charge in [0.2, 0.25) is 0 Å². The van der Waals surface area contributed by atoms with Gasteiger partial charge in [-0.3, -0.25) is 0 Å². The Kier molecular flexibility index (Phi) is 4.98. The molecule has 0 amide bonds. The molecule has 0 aliphatic heterocycles. The molecule has 108 valence electrons. The van der Waals surface area contributed by atoms with E-state index in [0.29, 0.717) is 6.61 Å². The van der Waals surface area contributed by atoms with Crippen molar-refractivity contribution in [2.75, 3.05) is 12.9 Å². The molecule has 4 nitrogen and oxygen atoms in total. The van der Waals surface area contributed by atoms with Crippen LogP contribution >= 0.6 is 0 Å². The molecule has 1 aromatic carbocycles. The second-order valence-corrected chi connectivity index (χ2v) is 7.87. The van der Waals surface area contributed by atoms with Crippen molar-refractivity contribution in [3.8, 4) is 5.75 Å². The molecule has 1 aromatic rings. The van der Waals surface area contributed by atoms with E-state index >= 15 is 0 Å². The molecule has 1 rings (SSSR count). The maximum Gasteiger partial charge on any atom is 0.154 e. The van der Waals surface area contributed by atoms with Crippen molar-refractivity contribution in [1.82, 2.24) is 0 Å². The van der Waals surface area contributed by atoms with E-state index in [0.717, 1.165) is 17.7 Å². The highest BCUT2D eigenvalue weighted by molar-refractivity contribution is 7.92. The fourth-order valence-corrected chi connectivity index (χ4v) is 2.22. The van der Waals surface area contributed by atoms with E-state index in [2.05, 4.69) is 0 Å². The summed E-state index contributed by atoms with van der Waals surface area (Å²) in [5, 5.41) is 0. The predicted octanol–water partition coefficient (Wildman–Crippen LogP) is 2.30. The zero-order chi connectivity index (χ0) is 14.7. The Morgan fingerprint density at radius 2 is 1.79 bits per heavy atom. The smallest absolute Gasteiger partial charge is 0.154 e. The number of nitrogens with two attached hydrogens (primary N) is 1. The highest BCUT2D eigenvalue weighted by Gasteiger charge is 2.37. The topological polar surface area (TPSA) is 69.4 Å². The largest absolute Gasteiger partial charge is 0.494 e. The molecule has 0 saturated carbocycles. The lowest BCUT2D eigenvalue weighted by atomic mass is 9.96. The summed E-state index contributed by atoms with van der Waals surface area (Å²) in [5.74, 6) is 0.773. The molecule has 0 radical (unpaired) electrons. The van der Waals surface area contributed by atoms with Gasteiger partial charge in [-0.2, -0.15) is 0 Å². The summed E-state index contributed by atoms with van der Waals surface area (Å²) in [6.07, 6.45) is 2.16. The van der Waals surface area contributed by atoms with Crippen LogP contribution < -0.4 is 10.5 Å². The lowest BCUT2D eigenvalue weighted by Gasteiger charge is -2.30. The molecule has 0 fully saturated rings. The van der Waals surface area contributed by atoms with Gasteiger partial charge in [0.1, 0.15) is 5.75 Å². The summed E-state index contributed by atoms with van der Waals surface area (Å²) >= 11 is 0. The summed E-state index contributed by atoms with van der Waals surface area (Å²) in [7, 11) is -3.23. The molecule has 0 saturated heterocycles. The average Bonchev–Trinajstić information content (AvgIpc) is 2.34. The Bertz CT molecular complexity index is 506. The maximum atomic E-state index is 11.8. The van der Waals surface area contributed by atoms with E-state index in [1.54, 1.807) is 13.8 Å². The van der Waals surface area contributed by atoms with Crippen molar-refractivity contribution >= 4 is 9.84 Å². The highest BCUT2D eigenvalue weighted by Crippen LogP contribution is 2.30. The molecular formula is C14H23NO3S. The zero-order valence-electron chi connectivity index (χ0n) is 12.0. The molecule has 0 aliphatic carbocycles. The molecule has 0 aromatic heterocycles. The van der Waals surface area contributed by atoms with Crippen molar-refractivity contribution in [3.63, 3.8) is 0 Å². The van der Waals surface area contributed by atoms with Crippen molar-refractivity contribution in [2.45, 2.75) is 38.0 Å². The molecule has 1 unspecified atom stereocenters. The van der Waals surface area contributed by atoms with Crippen LogP contribution in [0.25, 0.3) is 0 Å². The minimum absolute atomic E-state index is 0.567. The van der Waals surface area contributed by atoms with Gasteiger partial charge < -0.3 is 10.5 Å². The number of hydrogen-bond donors (Lipinski definition) is 1. The third-order valence-corrected chi connectivity index (χ3v) is 5.58. The molecule has 0 aliphatic rings. The highest BCUT2D eigenvalue weighted by atomic mass is 32.2. The Labute approximate surface area is 115 Å². The van der Waals surface area contributed by atoms with E-state index in [4.69, 9.17) is 10.5 Å². The number of sulfone groups is 1. The minimum Gasteiger partial charge on any atom is -0.494 e. The maximum absolute atomic E-state index is 11.8. The lowest BCUT2D eigenvalue weighted by Crippen LogP contribution is -2.42. The van der Waals surface area contributed by atoms with Gasteiger partial charge in [0.25, 0.3) is 0 Å². The molecule has 0 spiro atoms. The molecule has 2 N–H and O–H groups in total. The Morgan fingerprint density at radius 1 is 1.26 bits per heavy atom. The van der Waals surface area contributed by atoms with Gasteiger partial charge in [0, 0.05) is 12.3 Å². The minimum atomic E-state index is -3.23. The van der Waals surface area contributed by atoms with Gasteiger partial charge in [-0.25, -0.2) is 8.42 Å². The van der Waals surface area contributed by atoms with E-state index in [1.165, 1.54) is 6.26 Å². The Balaban J connectivity index is 2.92. The quantitative estimate of drug-likeness (QED) is 0.870. The molecule has 0 heterocycles. The van der Waals surface area contributed by atoms with Crippen LogP contribution in [-0.4, -0.2) is 26.0 Å². The molecule has 5 heteroatoms. The Hall–Kier alpha value is -1.07. The van der Waals surface area contributed by atoms with Gasteiger partial charge in [0.15, 0.2) is 9.84 Å². The summed E-state index contributed by atoms with van der Waals surface area (Å²) in [6.45, 7) is 6.00. The van der Waals surface area contributed by atoms with E-state index < -0.39 is 20.6 Å². The average molecular weight is 285 g/mol. The normalized spacial score (nSPS) is 14.2. The van der Waals surface area contributed by atoms with Crippen molar-refractivity contribution in [3.05, 3.63) is 29.8 Å². The summed E-state index contributed by atoms with van der Waals surface area (Å²) in [4.78, 5) is 0. The van der Waals surface area contributed by atoms with E-state index in [-0.39, 0.29) is 0 Å². The van der Waals surface area contributed by atoms with Gasteiger partial charge in [-0.1, -0.05) is 19.1 Å². The van der Waals surface area contributed by atoms with Crippen molar-refractivity contribution in [2.24, 2.45) is 5.73 Å². The zero-order valence-corrected chi connectivity index (χ0v) is 12.8. The van der Waals surface area contributed by atoms with E-state index in [1.807, 2.05) is 31.2 Å². The first-order valence-electron chi connectivity index (χ1n) is 6.38. The number of rotatable bonds is 6. The molecule has 0 bridgehead atoms. The first kappa shape index (κ1) is 16.0. The van der Waals surface area contributed by atoms with Crippen molar-refractivity contribution in [1.29, 1.82) is 0 Å². The second-order valence-electron chi connectivity index (χ2n) is 5.27. The lowest BCUT2D eigenvalue weighted by molar-refractivity contribution is 0.317. The SMILES string of the molecule is CCCOc1ccc(C(N)C(C)(C)S(C)(=O)=O)cc1. The van der Waals surface area contributed by atoms with Gasteiger partial charge >= 0.3 is 0 Å². The fraction of sp³-hybridized carbons (Fsp3) is 0.571. The van der Waals surface area contributed by atoms with Gasteiger partial charge in [0.05, 0.1) is 11.4 Å². The summed E-state index contributed by atoms with van der Waals surface area (Å²) < 4.78 is 28.0. The van der Waals surface area contributed by atoms with Gasteiger partial charge in [-0.15, -0.1) is 0 Å².